The maximum atomic E-state index is 12.9. The number of carboxylic acids is 1. The highest BCUT2D eigenvalue weighted by atomic mass is 35.5. The number of hydrogen-bond acceptors (Lipinski definition) is 4. The molecule has 0 saturated carbocycles. The Kier molecular flexibility index (Phi) is 6.34. The van der Waals surface area contributed by atoms with E-state index in [9.17, 15) is 18.3 Å². The Balaban J connectivity index is 2.20. The number of anilines is 1. The molecule has 35 heavy (non-hydrogen) atoms. The highest BCUT2D eigenvalue weighted by Crippen LogP contribution is 2.47. The second-order valence-corrected chi connectivity index (χ2v) is 12.5. The van der Waals surface area contributed by atoms with Crippen molar-refractivity contribution in [1.82, 2.24) is 4.57 Å². The molecular weight excluding hydrogens is 488 g/mol. The topological polar surface area (TPSA) is 88.8 Å². The minimum Gasteiger partial charge on any atom is -0.487 e. The quantitative estimate of drug-likeness (QED) is 0.478. The first-order valence-electron chi connectivity index (χ1n) is 11.5. The van der Waals surface area contributed by atoms with Gasteiger partial charge in [-0.15, -0.1) is 0 Å². The molecular formula is C26H31ClN2O5S. The number of hydrogen-bond donors (Lipinski definition) is 1. The average molecular weight is 519 g/mol. The zero-order chi connectivity index (χ0) is 25.9. The number of aryl methyl sites for hydroxylation is 2. The minimum absolute atomic E-state index is 0.260. The smallest absolute Gasteiger partial charge is 0.307 e. The van der Waals surface area contributed by atoms with Crippen LogP contribution in [0.15, 0.2) is 24.3 Å². The zero-order valence-corrected chi connectivity index (χ0v) is 22.5. The summed E-state index contributed by atoms with van der Waals surface area (Å²) in [6, 6.07) is 7.37. The van der Waals surface area contributed by atoms with Gasteiger partial charge in [-0.2, -0.15) is 0 Å². The highest BCUT2D eigenvalue weighted by molar-refractivity contribution is 7.92. The lowest BCUT2D eigenvalue weighted by Crippen LogP contribution is -2.31. The molecule has 0 saturated heterocycles. The maximum Gasteiger partial charge on any atom is 0.307 e. The van der Waals surface area contributed by atoms with Crippen molar-refractivity contribution < 1.29 is 23.1 Å². The molecule has 7 nitrogen and oxygen atoms in total. The molecule has 2 aromatic carbocycles. The van der Waals surface area contributed by atoms with Crippen LogP contribution in [0.2, 0.25) is 5.02 Å². The van der Waals surface area contributed by atoms with Gasteiger partial charge < -0.3 is 14.4 Å². The Hall–Kier alpha value is -2.71. The van der Waals surface area contributed by atoms with E-state index in [1.54, 1.807) is 12.1 Å². The van der Waals surface area contributed by atoms with Crippen molar-refractivity contribution in [2.45, 2.75) is 59.6 Å². The van der Waals surface area contributed by atoms with E-state index in [2.05, 4.69) is 4.57 Å². The summed E-state index contributed by atoms with van der Waals surface area (Å²) in [5.74, 6) is -0.450. The molecule has 9 heteroatoms. The van der Waals surface area contributed by atoms with Crippen LogP contribution in [0.25, 0.3) is 22.0 Å². The fourth-order valence-electron chi connectivity index (χ4n) is 5.00. The lowest BCUT2D eigenvalue weighted by Gasteiger charge is -2.28. The molecule has 0 bridgehead atoms. The van der Waals surface area contributed by atoms with E-state index >= 15 is 0 Å². The van der Waals surface area contributed by atoms with Crippen LogP contribution in [0.3, 0.4) is 0 Å². The molecule has 4 rings (SSSR count). The van der Waals surface area contributed by atoms with Crippen molar-refractivity contribution in [1.29, 1.82) is 0 Å². The van der Waals surface area contributed by atoms with Crippen LogP contribution in [0.1, 0.15) is 44.0 Å². The van der Waals surface area contributed by atoms with Crippen LogP contribution in [-0.4, -0.2) is 42.5 Å². The van der Waals surface area contributed by atoms with Crippen LogP contribution in [0.4, 0.5) is 5.69 Å². The van der Waals surface area contributed by atoms with Crippen LogP contribution >= 0.6 is 11.6 Å². The van der Waals surface area contributed by atoms with Crippen molar-refractivity contribution in [3.8, 4) is 16.9 Å². The van der Waals surface area contributed by atoms with Crippen molar-refractivity contribution in [3.63, 3.8) is 0 Å². The van der Waals surface area contributed by atoms with Gasteiger partial charge in [-0.25, -0.2) is 8.42 Å². The number of benzene rings is 2. The molecule has 0 atom stereocenters. The zero-order valence-electron chi connectivity index (χ0n) is 20.9. The first-order valence-corrected chi connectivity index (χ1v) is 13.8. The summed E-state index contributed by atoms with van der Waals surface area (Å²) in [4.78, 5) is 12.1. The molecule has 188 valence electrons. The van der Waals surface area contributed by atoms with E-state index in [-0.39, 0.29) is 6.42 Å². The maximum absolute atomic E-state index is 12.9. The molecule has 3 aromatic rings. The van der Waals surface area contributed by atoms with Crippen molar-refractivity contribution >= 4 is 44.2 Å². The van der Waals surface area contributed by atoms with Gasteiger partial charge in [-0.05, 0) is 82.0 Å². The first-order chi connectivity index (χ1) is 16.2. The number of rotatable bonds is 5. The summed E-state index contributed by atoms with van der Waals surface area (Å²) in [7, 11) is -3.58. The Bertz CT molecular complexity index is 1450. The average Bonchev–Trinajstić information content (AvgIpc) is 2.89. The summed E-state index contributed by atoms with van der Waals surface area (Å²) < 4.78 is 35.5. The SMILES string of the molecule is Cc1c(CC(=O)O)c(-c2ccc(Cl)cc2OC(C)(C)C)c2cc(C)n3c2c1N(S(C)(=O)=O)CCC3. The van der Waals surface area contributed by atoms with E-state index in [1.807, 2.05) is 46.8 Å². The van der Waals surface area contributed by atoms with Gasteiger partial charge in [0.25, 0.3) is 0 Å². The number of aromatic nitrogens is 1. The van der Waals surface area contributed by atoms with Crippen molar-refractivity contribution in [3.05, 3.63) is 46.1 Å². The van der Waals surface area contributed by atoms with Crippen molar-refractivity contribution in [2.75, 3.05) is 17.1 Å². The number of carboxylic acid groups (broad SMARTS) is 1. The predicted octanol–water partition coefficient (Wildman–Crippen LogP) is 5.55. The number of sulfonamides is 1. The summed E-state index contributed by atoms with van der Waals surface area (Å²) in [6.45, 7) is 10.6. The van der Waals surface area contributed by atoms with Crippen LogP contribution < -0.4 is 9.04 Å². The van der Waals surface area contributed by atoms with Gasteiger partial charge in [0, 0.05) is 34.8 Å². The van der Waals surface area contributed by atoms with Crippen LogP contribution in [0, 0.1) is 13.8 Å². The summed E-state index contributed by atoms with van der Waals surface area (Å²) in [6.07, 6.45) is 1.58. The predicted molar refractivity (Wildman–Crippen MR) is 140 cm³/mol. The van der Waals surface area contributed by atoms with Crippen LogP contribution in [0.5, 0.6) is 5.75 Å². The third-order valence-corrected chi connectivity index (χ3v) is 7.66. The fraction of sp³-hybridized carbons (Fsp3) is 0.423. The third kappa shape index (κ3) is 4.74. The fourth-order valence-corrected chi connectivity index (χ4v) is 6.18. The van der Waals surface area contributed by atoms with E-state index in [0.717, 1.165) is 27.7 Å². The summed E-state index contributed by atoms with van der Waals surface area (Å²) >= 11 is 6.33. The monoisotopic (exact) mass is 518 g/mol. The van der Waals surface area contributed by atoms with Gasteiger partial charge in [0.15, 0.2) is 0 Å². The van der Waals surface area contributed by atoms with E-state index in [1.165, 1.54) is 10.6 Å². The Morgan fingerprint density at radius 2 is 1.86 bits per heavy atom. The number of halogens is 1. The third-order valence-electron chi connectivity index (χ3n) is 6.26. The van der Waals surface area contributed by atoms with Gasteiger partial charge in [-0.1, -0.05) is 11.6 Å². The van der Waals surface area contributed by atoms with Crippen LogP contribution in [-0.2, 0) is 27.8 Å². The van der Waals surface area contributed by atoms with E-state index in [0.29, 0.717) is 47.1 Å². The van der Waals surface area contributed by atoms with Gasteiger partial charge in [-0.3, -0.25) is 9.10 Å². The number of carbonyl (C=O) groups is 1. The van der Waals surface area contributed by atoms with Crippen molar-refractivity contribution in [2.24, 2.45) is 0 Å². The lowest BCUT2D eigenvalue weighted by atomic mass is 9.88. The molecule has 2 heterocycles. The van der Waals surface area contributed by atoms with Gasteiger partial charge in [0.1, 0.15) is 11.4 Å². The second-order valence-electron chi connectivity index (χ2n) is 10.1. The first kappa shape index (κ1) is 25.4. The number of ether oxygens (including phenoxy) is 1. The molecule has 1 aliphatic heterocycles. The molecule has 0 radical (unpaired) electrons. The number of nitrogens with zero attached hydrogens (tertiary/aromatic N) is 2. The standard InChI is InChI=1S/C26H31ClN2O5S/c1-15-12-20-23(18-9-8-17(27)13-21(18)34-26(3,4)5)19(14-22(30)31)16(2)24-25(20)28(15)10-7-11-29(24)35(6,32)33/h8-9,12-13H,7,10-11,14H2,1-6H3,(H,30,31). The summed E-state index contributed by atoms with van der Waals surface area (Å²) in [5.41, 5.74) is 4.48. The Morgan fingerprint density at radius 3 is 2.46 bits per heavy atom. The lowest BCUT2D eigenvalue weighted by molar-refractivity contribution is -0.136. The van der Waals surface area contributed by atoms with E-state index in [4.69, 9.17) is 16.3 Å². The molecule has 0 amide bonds. The molecule has 0 unspecified atom stereocenters. The molecule has 0 aliphatic carbocycles. The van der Waals surface area contributed by atoms with E-state index < -0.39 is 21.6 Å². The Morgan fingerprint density at radius 1 is 1.17 bits per heavy atom. The Labute approximate surface area is 211 Å². The molecule has 1 aromatic heterocycles. The molecule has 0 fully saturated rings. The highest BCUT2D eigenvalue weighted by Gasteiger charge is 2.32. The molecule has 1 N–H and O–H groups in total. The number of aliphatic carboxylic acids is 1. The minimum atomic E-state index is -3.58. The van der Waals surface area contributed by atoms with Gasteiger partial charge in [0.2, 0.25) is 10.0 Å². The summed E-state index contributed by atoms with van der Waals surface area (Å²) in [5, 5.41) is 11.2. The molecule has 1 aliphatic rings. The largest absolute Gasteiger partial charge is 0.487 e. The normalized spacial score (nSPS) is 14.3. The molecule has 0 spiro atoms. The van der Waals surface area contributed by atoms with Gasteiger partial charge >= 0.3 is 5.97 Å². The second kappa shape index (κ2) is 8.75. The van der Waals surface area contributed by atoms with Gasteiger partial charge in [0.05, 0.1) is 23.9 Å².